The lowest BCUT2D eigenvalue weighted by molar-refractivity contribution is 0.0659. The number of aromatic amines is 1. The van der Waals surface area contributed by atoms with Crippen molar-refractivity contribution in [1.82, 2.24) is 9.88 Å². The van der Waals surface area contributed by atoms with Gasteiger partial charge in [0.1, 0.15) is 0 Å². The molecule has 4 rings (SSSR count). The van der Waals surface area contributed by atoms with Gasteiger partial charge < -0.3 is 9.88 Å². The van der Waals surface area contributed by atoms with Crippen LogP contribution in [0.4, 0.5) is 0 Å². The number of carbonyl (C=O) groups is 1. The smallest absolute Gasteiger partial charge is 0.255 e. The molecule has 3 heterocycles. The van der Waals surface area contributed by atoms with Gasteiger partial charge in [-0.25, -0.2) is 0 Å². The fourth-order valence-electron chi connectivity index (χ4n) is 3.51. The average Bonchev–Trinajstić information content (AvgIpc) is 3.21. The van der Waals surface area contributed by atoms with Crippen LogP contribution in [0, 0.1) is 0 Å². The first kappa shape index (κ1) is 13.6. The molecular formula is C18H18N2OS. The number of carbonyl (C=O) groups excluding carboxylic acids is 1. The quantitative estimate of drug-likeness (QED) is 0.749. The van der Waals surface area contributed by atoms with Gasteiger partial charge in [-0.05, 0) is 48.1 Å². The van der Waals surface area contributed by atoms with Crippen molar-refractivity contribution in [2.45, 2.75) is 25.8 Å². The van der Waals surface area contributed by atoms with Gasteiger partial charge in [0.25, 0.3) is 5.91 Å². The summed E-state index contributed by atoms with van der Waals surface area (Å²) in [5.74, 6) is 0.147. The zero-order chi connectivity index (χ0) is 15.1. The van der Waals surface area contributed by atoms with Crippen LogP contribution < -0.4 is 0 Å². The maximum atomic E-state index is 13.1. The Morgan fingerprint density at radius 1 is 1.36 bits per heavy atom. The summed E-state index contributed by atoms with van der Waals surface area (Å²) < 4.78 is 0. The molecule has 0 bridgehead atoms. The number of aromatic nitrogens is 1. The number of nitrogens with zero attached hydrogens (tertiary/aromatic N) is 1. The van der Waals surface area contributed by atoms with Gasteiger partial charge in [-0.15, -0.1) is 11.3 Å². The van der Waals surface area contributed by atoms with Crippen LogP contribution in [0.5, 0.6) is 0 Å². The summed E-state index contributed by atoms with van der Waals surface area (Å²) in [6.45, 7) is 2.97. The highest BCUT2D eigenvalue weighted by Gasteiger charge is 2.31. The van der Waals surface area contributed by atoms with Crippen molar-refractivity contribution in [3.8, 4) is 0 Å². The molecule has 112 valence electrons. The molecule has 1 aromatic carbocycles. The van der Waals surface area contributed by atoms with Gasteiger partial charge in [0.2, 0.25) is 0 Å². The average molecular weight is 310 g/mol. The summed E-state index contributed by atoms with van der Waals surface area (Å²) in [6.07, 6.45) is 3.82. The lowest BCUT2D eigenvalue weighted by Crippen LogP contribution is -2.39. The van der Waals surface area contributed by atoms with Crippen molar-refractivity contribution in [1.29, 1.82) is 0 Å². The molecule has 0 fully saturated rings. The zero-order valence-electron chi connectivity index (χ0n) is 12.5. The number of thiophene rings is 1. The maximum Gasteiger partial charge on any atom is 0.255 e. The van der Waals surface area contributed by atoms with Crippen molar-refractivity contribution in [2.75, 3.05) is 6.54 Å². The second-order valence-corrected chi connectivity index (χ2v) is 6.72. The fraction of sp³-hybridized carbons (Fsp3) is 0.278. The third kappa shape index (κ3) is 1.98. The summed E-state index contributed by atoms with van der Waals surface area (Å²) in [4.78, 5) is 19.8. The van der Waals surface area contributed by atoms with E-state index in [9.17, 15) is 4.79 Å². The molecule has 22 heavy (non-hydrogen) atoms. The van der Waals surface area contributed by atoms with Crippen LogP contribution in [0.1, 0.15) is 40.2 Å². The van der Waals surface area contributed by atoms with Gasteiger partial charge in [-0.3, -0.25) is 4.79 Å². The standard InChI is InChI=1S/C18H18N2OS/c1-2-16-14-8-11-22-17(14)7-10-20(16)18(21)13-4-3-5-15-12(13)6-9-19-15/h3-6,8-9,11,16,19H,2,7,10H2,1H3. The van der Waals surface area contributed by atoms with E-state index in [2.05, 4.69) is 28.3 Å². The number of hydrogen-bond acceptors (Lipinski definition) is 2. The summed E-state index contributed by atoms with van der Waals surface area (Å²) in [5.41, 5.74) is 3.16. The van der Waals surface area contributed by atoms with Gasteiger partial charge in [0.15, 0.2) is 0 Å². The topological polar surface area (TPSA) is 36.1 Å². The molecule has 1 amide bonds. The number of nitrogens with one attached hydrogen (secondary N) is 1. The van der Waals surface area contributed by atoms with E-state index in [1.165, 1.54) is 10.4 Å². The van der Waals surface area contributed by atoms with Crippen molar-refractivity contribution in [2.24, 2.45) is 0 Å². The Kier molecular flexibility index (Phi) is 3.26. The van der Waals surface area contributed by atoms with E-state index in [0.717, 1.165) is 35.9 Å². The molecule has 0 saturated carbocycles. The second-order valence-electron chi connectivity index (χ2n) is 5.72. The monoisotopic (exact) mass is 310 g/mol. The molecule has 3 nitrogen and oxygen atoms in total. The molecule has 4 heteroatoms. The van der Waals surface area contributed by atoms with Crippen LogP contribution in [0.15, 0.2) is 41.9 Å². The predicted molar refractivity (Wildman–Crippen MR) is 90.4 cm³/mol. The normalized spacial score (nSPS) is 17.7. The van der Waals surface area contributed by atoms with E-state index in [1.807, 2.05) is 41.8 Å². The van der Waals surface area contributed by atoms with Gasteiger partial charge in [0.05, 0.1) is 6.04 Å². The van der Waals surface area contributed by atoms with Gasteiger partial charge >= 0.3 is 0 Å². The Morgan fingerprint density at radius 3 is 3.14 bits per heavy atom. The Hall–Kier alpha value is -2.07. The minimum absolute atomic E-state index is 0.147. The molecule has 1 unspecified atom stereocenters. The first-order chi connectivity index (χ1) is 10.8. The maximum absolute atomic E-state index is 13.1. The second kappa shape index (κ2) is 5.29. The largest absolute Gasteiger partial charge is 0.361 e. The number of amides is 1. The van der Waals surface area contributed by atoms with Crippen LogP contribution >= 0.6 is 11.3 Å². The van der Waals surface area contributed by atoms with Crippen LogP contribution in [-0.4, -0.2) is 22.3 Å². The summed E-state index contributed by atoms with van der Waals surface area (Å²) in [6, 6.07) is 10.3. The third-order valence-electron chi connectivity index (χ3n) is 4.57. The van der Waals surface area contributed by atoms with Gasteiger partial charge in [-0.2, -0.15) is 0 Å². The number of benzene rings is 1. The van der Waals surface area contributed by atoms with E-state index in [4.69, 9.17) is 0 Å². The Labute approximate surface area is 133 Å². The van der Waals surface area contributed by atoms with Crippen molar-refractivity contribution in [3.63, 3.8) is 0 Å². The molecule has 0 aliphatic carbocycles. The lowest BCUT2D eigenvalue weighted by Gasteiger charge is -2.35. The zero-order valence-corrected chi connectivity index (χ0v) is 13.3. The van der Waals surface area contributed by atoms with E-state index in [0.29, 0.717) is 0 Å². The molecular weight excluding hydrogens is 292 g/mol. The Morgan fingerprint density at radius 2 is 2.27 bits per heavy atom. The van der Waals surface area contributed by atoms with E-state index < -0.39 is 0 Å². The molecule has 1 aliphatic heterocycles. The number of rotatable bonds is 2. The van der Waals surface area contributed by atoms with Crippen molar-refractivity contribution >= 4 is 28.1 Å². The highest BCUT2D eigenvalue weighted by molar-refractivity contribution is 7.10. The summed E-state index contributed by atoms with van der Waals surface area (Å²) >= 11 is 1.82. The molecule has 0 spiro atoms. The Balaban J connectivity index is 1.75. The van der Waals surface area contributed by atoms with Crippen molar-refractivity contribution in [3.05, 3.63) is 57.9 Å². The van der Waals surface area contributed by atoms with Crippen LogP contribution in [0.25, 0.3) is 10.9 Å². The molecule has 2 aromatic heterocycles. The van der Waals surface area contributed by atoms with E-state index in [-0.39, 0.29) is 11.9 Å². The third-order valence-corrected chi connectivity index (χ3v) is 5.56. The van der Waals surface area contributed by atoms with Crippen LogP contribution in [0.3, 0.4) is 0 Å². The predicted octanol–water partition coefficient (Wildman–Crippen LogP) is 4.38. The molecule has 0 saturated heterocycles. The number of H-pyrrole nitrogens is 1. The summed E-state index contributed by atoms with van der Waals surface area (Å²) in [5, 5.41) is 3.16. The van der Waals surface area contributed by atoms with Gasteiger partial charge in [0, 0.05) is 34.1 Å². The van der Waals surface area contributed by atoms with E-state index in [1.54, 1.807) is 0 Å². The Bertz CT molecular complexity index is 832. The van der Waals surface area contributed by atoms with Gasteiger partial charge in [-0.1, -0.05) is 13.0 Å². The van der Waals surface area contributed by atoms with Crippen molar-refractivity contribution < 1.29 is 4.79 Å². The van der Waals surface area contributed by atoms with E-state index >= 15 is 0 Å². The fourth-order valence-corrected chi connectivity index (χ4v) is 4.43. The summed E-state index contributed by atoms with van der Waals surface area (Å²) in [7, 11) is 0. The molecule has 1 aliphatic rings. The number of fused-ring (bicyclic) bond motifs is 2. The lowest BCUT2D eigenvalue weighted by atomic mass is 9.96. The SMILES string of the molecule is CCC1c2ccsc2CCN1C(=O)c1cccc2[nH]ccc12. The molecule has 1 N–H and O–H groups in total. The van der Waals surface area contributed by atoms with Crippen LogP contribution in [-0.2, 0) is 6.42 Å². The molecule has 3 aromatic rings. The molecule has 1 atom stereocenters. The highest BCUT2D eigenvalue weighted by Crippen LogP contribution is 2.36. The highest BCUT2D eigenvalue weighted by atomic mass is 32.1. The first-order valence-electron chi connectivity index (χ1n) is 7.73. The minimum Gasteiger partial charge on any atom is -0.361 e. The number of hydrogen-bond donors (Lipinski definition) is 1. The van der Waals surface area contributed by atoms with Crippen LogP contribution in [0.2, 0.25) is 0 Å². The molecule has 0 radical (unpaired) electrons. The minimum atomic E-state index is 0.147. The first-order valence-corrected chi connectivity index (χ1v) is 8.61.